The van der Waals surface area contributed by atoms with Gasteiger partial charge in [-0.15, -0.1) is 0 Å². The third-order valence-electron chi connectivity index (χ3n) is 0.945. The summed E-state index contributed by atoms with van der Waals surface area (Å²) in [5.74, 6) is -0.797. The Morgan fingerprint density at radius 3 is 2.08 bits per heavy atom. The number of ether oxygens (including phenoxy) is 2. The molecule has 0 aliphatic rings. The third kappa shape index (κ3) is 6.10. The van der Waals surface area contributed by atoms with Gasteiger partial charge in [-0.25, -0.2) is 9.59 Å². The average molecular weight is 189 g/mol. The number of carbonyl (C=O) groups excluding carboxylic acids is 2. The zero-order chi connectivity index (χ0) is 10.6. The monoisotopic (exact) mass is 189 g/mol. The Morgan fingerprint density at radius 2 is 1.77 bits per heavy atom. The highest BCUT2D eigenvalue weighted by atomic mass is 16.7. The van der Waals surface area contributed by atoms with Crippen molar-refractivity contribution in [3.8, 4) is 0 Å². The minimum Gasteiger partial charge on any atom is -0.428 e. The molecular weight excluding hydrogens is 174 g/mol. The second kappa shape index (κ2) is 4.23. The molecule has 0 amide bonds. The fraction of sp³-hybridized carbons (Fsp3) is 0.750. The van der Waals surface area contributed by atoms with Gasteiger partial charge < -0.3 is 15.2 Å². The van der Waals surface area contributed by atoms with Crippen LogP contribution in [-0.4, -0.2) is 23.8 Å². The molecule has 76 valence electrons. The van der Waals surface area contributed by atoms with Crippen LogP contribution in [0.15, 0.2) is 0 Å². The molecule has 0 aromatic heterocycles. The summed E-state index contributed by atoms with van der Waals surface area (Å²) < 4.78 is 8.98. The van der Waals surface area contributed by atoms with Gasteiger partial charge in [0.25, 0.3) is 0 Å². The summed E-state index contributed by atoms with van der Waals surface area (Å²) in [5.41, 5.74) is 4.49. The van der Waals surface area contributed by atoms with Gasteiger partial charge in [0, 0.05) is 0 Å². The summed E-state index contributed by atoms with van der Waals surface area (Å²) in [4.78, 5) is 21.6. The maximum absolute atomic E-state index is 10.9. The Hall–Kier alpha value is -1.10. The molecule has 0 heterocycles. The van der Waals surface area contributed by atoms with Crippen LogP contribution < -0.4 is 5.73 Å². The van der Waals surface area contributed by atoms with Crippen LogP contribution in [0.3, 0.4) is 0 Å². The molecule has 0 aliphatic heterocycles. The van der Waals surface area contributed by atoms with Crippen LogP contribution in [0, 0.1) is 0 Å². The number of hydrogen-bond acceptors (Lipinski definition) is 5. The number of nitrogens with two attached hydrogens (primary N) is 1. The van der Waals surface area contributed by atoms with E-state index < -0.39 is 23.8 Å². The summed E-state index contributed by atoms with van der Waals surface area (Å²) in [7, 11) is 0. The number of esters is 1. The second-order valence-corrected chi connectivity index (χ2v) is 3.67. The fourth-order valence-electron chi connectivity index (χ4n) is 0.446. The first-order valence-corrected chi connectivity index (χ1v) is 3.92. The van der Waals surface area contributed by atoms with Gasteiger partial charge in [0.1, 0.15) is 11.6 Å². The normalized spacial score (nSPS) is 13.3. The molecule has 5 heteroatoms. The van der Waals surface area contributed by atoms with Crippen LogP contribution >= 0.6 is 0 Å². The molecule has 0 radical (unpaired) electrons. The number of carbonyl (C=O) groups is 2. The summed E-state index contributed by atoms with van der Waals surface area (Å²) in [6, 6.07) is -0.826. The second-order valence-electron chi connectivity index (χ2n) is 3.67. The lowest BCUT2D eigenvalue weighted by molar-refractivity contribution is -0.142. The molecule has 0 aliphatic carbocycles. The Labute approximate surface area is 77.2 Å². The number of rotatable bonds is 1. The highest BCUT2D eigenvalue weighted by molar-refractivity contribution is 5.85. The molecule has 0 bridgehead atoms. The predicted octanol–water partition coefficient (Wildman–Crippen LogP) is 0.812. The molecule has 0 rings (SSSR count). The van der Waals surface area contributed by atoms with Crippen LogP contribution in [0.1, 0.15) is 27.7 Å². The SMILES string of the molecule is C[C@@H](N)C(=O)OC(=O)OC(C)(C)C. The Kier molecular flexibility index (Phi) is 3.87. The van der Waals surface area contributed by atoms with Crippen LogP contribution in [0.5, 0.6) is 0 Å². The lowest BCUT2D eigenvalue weighted by atomic mass is 10.2. The number of hydrogen-bond donors (Lipinski definition) is 1. The van der Waals surface area contributed by atoms with Crippen molar-refractivity contribution in [2.75, 3.05) is 0 Å². The molecule has 0 unspecified atom stereocenters. The van der Waals surface area contributed by atoms with Crippen molar-refractivity contribution >= 4 is 12.1 Å². The standard InChI is InChI=1S/C8H15NO4/c1-5(9)6(10)12-7(11)13-8(2,3)4/h5H,9H2,1-4H3/t5-/m1/s1. The minimum atomic E-state index is -1.02. The zero-order valence-electron chi connectivity index (χ0n) is 8.29. The molecule has 0 spiro atoms. The zero-order valence-corrected chi connectivity index (χ0v) is 8.29. The lowest BCUT2D eigenvalue weighted by Crippen LogP contribution is -2.33. The summed E-state index contributed by atoms with van der Waals surface area (Å²) in [6.45, 7) is 6.44. The summed E-state index contributed by atoms with van der Waals surface area (Å²) in [6.07, 6.45) is -1.02. The van der Waals surface area contributed by atoms with Gasteiger partial charge in [0.15, 0.2) is 0 Å². The Balaban J connectivity index is 3.96. The maximum atomic E-state index is 10.9. The fourth-order valence-corrected chi connectivity index (χ4v) is 0.446. The first-order valence-electron chi connectivity index (χ1n) is 3.92. The van der Waals surface area contributed by atoms with E-state index in [9.17, 15) is 9.59 Å². The van der Waals surface area contributed by atoms with Crippen molar-refractivity contribution in [1.29, 1.82) is 0 Å². The molecule has 0 saturated carbocycles. The molecule has 0 aromatic carbocycles. The van der Waals surface area contributed by atoms with E-state index in [1.54, 1.807) is 20.8 Å². The molecule has 1 atom stereocenters. The van der Waals surface area contributed by atoms with Gasteiger partial charge in [0.2, 0.25) is 0 Å². The van der Waals surface area contributed by atoms with Crippen LogP contribution in [-0.2, 0) is 14.3 Å². The van der Waals surface area contributed by atoms with Crippen molar-refractivity contribution in [2.45, 2.75) is 39.3 Å². The highest BCUT2D eigenvalue weighted by Gasteiger charge is 2.21. The van der Waals surface area contributed by atoms with Crippen molar-refractivity contribution in [3.63, 3.8) is 0 Å². The van der Waals surface area contributed by atoms with E-state index in [0.29, 0.717) is 0 Å². The molecular formula is C8H15NO4. The quantitative estimate of drug-likeness (QED) is 0.487. The molecule has 0 aromatic rings. The molecule has 5 nitrogen and oxygen atoms in total. The van der Waals surface area contributed by atoms with E-state index in [0.717, 1.165) is 0 Å². The van der Waals surface area contributed by atoms with Crippen LogP contribution in [0.2, 0.25) is 0 Å². The highest BCUT2D eigenvalue weighted by Crippen LogP contribution is 2.08. The van der Waals surface area contributed by atoms with Crippen molar-refractivity contribution in [3.05, 3.63) is 0 Å². The Morgan fingerprint density at radius 1 is 1.31 bits per heavy atom. The smallest absolute Gasteiger partial charge is 0.428 e. The molecule has 13 heavy (non-hydrogen) atoms. The van der Waals surface area contributed by atoms with Gasteiger partial charge in [-0.05, 0) is 27.7 Å². The lowest BCUT2D eigenvalue weighted by Gasteiger charge is -2.18. The van der Waals surface area contributed by atoms with E-state index in [1.165, 1.54) is 6.92 Å². The van der Waals surface area contributed by atoms with E-state index in [-0.39, 0.29) is 0 Å². The van der Waals surface area contributed by atoms with E-state index >= 15 is 0 Å². The van der Waals surface area contributed by atoms with Crippen LogP contribution in [0.25, 0.3) is 0 Å². The predicted molar refractivity (Wildman–Crippen MR) is 46.0 cm³/mol. The van der Waals surface area contributed by atoms with Gasteiger partial charge in [-0.3, -0.25) is 0 Å². The van der Waals surface area contributed by atoms with E-state index in [1.807, 2.05) is 0 Å². The first kappa shape index (κ1) is 11.9. The Bertz CT molecular complexity index is 205. The maximum Gasteiger partial charge on any atom is 0.516 e. The van der Waals surface area contributed by atoms with Crippen LogP contribution in [0.4, 0.5) is 4.79 Å². The van der Waals surface area contributed by atoms with E-state index in [2.05, 4.69) is 4.74 Å². The van der Waals surface area contributed by atoms with Gasteiger partial charge in [-0.1, -0.05) is 0 Å². The molecule has 0 saturated heterocycles. The van der Waals surface area contributed by atoms with Gasteiger partial charge in [0.05, 0.1) is 0 Å². The molecule has 2 N–H and O–H groups in total. The summed E-state index contributed by atoms with van der Waals surface area (Å²) in [5, 5.41) is 0. The van der Waals surface area contributed by atoms with Crippen molar-refractivity contribution in [1.82, 2.24) is 0 Å². The van der Waals surface area contributed by atoms with Gasteiger partial charge in [-0.2, -0.15) is 0 Å². The summed E-state index contributed by atoms with van der Waals surface area (Å²) >= 11 is 0. The topological polar surface area (TPSA) is 78.6 Å². The first-order chi connectivity index (χ1) is 5.72. The molecule has 0 fully saturated rings. The van der Waals surface area contributed by atoms with Crippen molar-refractivity contribution < 1.29 is 19.1 Å². The average Bonchev–Trinajstić information content (AvgIpc) is 1.81. The third-order valence-corrected chi connectivity index (χ3v) is 0.945. The van der Waals surface area contributed by atoms with Crippen molar-refractivity contribution in [2.24, 2.45) is 5.73 Å². The largest absolute Gasteiger partial charge is 0.516 e. The van der Waals surface area contributed by atoms with Gasteiger partial charge >= 0.3 is 12.1 Å². The minimum absolute atomic E-state index is 0.671. The van der Waals surface area contributed by atoms with E-state index in [4.69, 9.17) is 10.5 Å².